The average Bonchev–Trinajstić information content (AvgIpc) is 3.43. The molecule has 2 saturated carbocycles. The molecule has 0 unspecified atom stereocenters. The van der Waals surface area contributed by atoms with E-state index in [1.165, 1.54) is 41.2 Å². The van der Waals surface area contributed by atoms with Gasteiger partial charge < -0.3 is 9.47 Å². The van der Waals surface area contributed by atoms with Gasteiger partial charge in [-0.15, -0.1) is 0 Å². The molecule has 1 saturated heterocycles. The van der Waals surface area contributed by atoms with Crippen LogP contribution in [0.15, 0.2) is 91.0 Å². The van der Waals surface area contributed by atoms with Gasteiger partial charge in [-0.25, -0.2) is 0 Å². The molecule has 3 aromatic carbocycles. The van der Waals surface area contributed by atoms with Crippen LogP contribution < -0.4 is 0 Å². The Hall–Kier alpha value is -2.20. The Balaban J connectivity index is 1.47. The highest BCUT2D eigenvalue weighted by atomic mass is 28.3. The fourth-order valence-electron chi connectivity index (χ4n) is 7.05. The van der Waals surface area contributed by atoms with Crippen LogP contribution in [0, 0.1) is 11.8 Å². The Morgan fingerprint density at radius 3 is 1.52 bits per heavy atom. The van der Waals surface area contributed by atoms with Gasteiger partial charge in [-0.05, 0) is 55.8 Å². The summed E-state index contributed by atoms with van der Waals surface area (Å²) < 4.78 is 13.2. The van der Waals surface area contributed by atoms with Gasteiger partial charge in [0.1, 0.15) is 0 Å². The number of benzene rings is 3. The third-order valence-electron chi connectivity index (χ3n) is 8.20. The molecule has 0 N–H and O–H groups in total. The van der Waals surface area contributed by atoms with Crippen molar-refractivity contribution in [2.75, 3.05) is 0 Å². The minimum absolute atomic E-state index is 0.242. The summed E-state index contributed by atoms with van der Waals surface area (Å²) in [5, 5.41) is 0. The quantitative estimate of drug-likeness (QED) is 0.389. The summed E-state index contributed by atoms with van der Waals surface area (Å²) in [5.41, 5.74) is 5.06. The van der Waals surface area contributed by atoms with Gasteiger partial charge >= 0.3 is 0 Å². The molecule has 1 aliphatic heterocycles. The highest BCUT2D eigenvalue weighted by Gasteiger charge is 2.70. The predicted molar refractivity (Wildman–Crippen MR) is 135 cm³/mol. The lowest BCUT2D eigenvalue weighted by Gasteiger charge is -2.42. The molecule has 0 spiro atoms. The maximum absolute atomic E-state index is 6.72. The van der Waals surface area contributed by atoms with E-state index in [4.69, 9.17) is 9.47 Å². The maximum Gasteiger partial charge on any atom is 0.163 e. The molecular weight excluding hydrogens is 420 g/mol. The van der Waals surface area contributed by atoms with E-state index in [0.717, 1.165) is 5.92 Å². The van der Waals surface area contributed by atoms with Crippen LogP contribution in [0.4, 0.5) is 0 Å². The zero-order chi connectivity index (χ0) is 22.5. The molecule has 33 heavy (non-hydrogen) atoms. The topological polar surface area (TPSA) is 18.5 Å². The van der Waals surface area contributed by atoms with Crippen molar-refractivity contribution in [3.05, 3.63) is 108 Å². The molecule has 2 nitrogen and oxygen atoms in total. The molecule has 3 aliphatic rings. The Morgan fingerprint density at radius 1 is 0.636 bits per heavy atom. The van der Waals surface area contributed by atoms with Crippen LogP contribution in [0.25, 0.3) is 0 Å². The first-order valence-corrected chi connectivity index (χ1v) is 15.2. The third-order valence-corrected chi connectivity index (χ3v) is 13.7. The van der Waals surface area contributed by atoms with Gasteiger partial charge in [-0.2, -0.15) is 0 Å². The van der Waals surface area contributed by atoms with Crippen LogP contribution in [-0.2, 0) is 27.6 Å². The Bertz CT molecular complexity index is 981. The largest absolute Gasteiger partial charge is 0.345 e. The molecule has 1 heterocycles. The summed E-state index contributed by atoms with van der Waals surface area (Å²) in [6.45, 7) is 4.21. The van der Waals surface area contributed by atoms with Gasteiger partial charge in [0.05, 0.1) is 20.3 Å². The number of hydrogen-bond acceptors (Lipinski definition) is 2. The molecule has 6 rings (SSSR count). The fraction of sp³-hybridized carbons (Fsp3) is 0.400. The number of fused-ring (bicyclic) bond motifs is 3. The van der Waals surface area contributed by atoms with E-state index < -0.39 is 13.9 Å². The minimum atomic E-state index is -1.96. The SMILES string of the molecule is CC1(C)O[C@@H]2[C@@H]3C[C@@H]3[C@@H]([Si](Cc3ccccc3)(Cc3ccccc3)Cc3ccccc3)[C@@H]2O1. The van der Waals surface area contributed by atoms with Gasteiger partial charge in [0.25, 0.3) is 0 Å². The second-order valence-electron chi connectivity index (χ2n) is 11.0. The minimum Gasteiger partial charge on any atom is -0.345 e. The molecule has 3 heteroatoms. The van der Waals surface area contributed by atoms with Crippen molar-refractivity contribution in [2.45, 2.75) is 61.9 Å². The van der Waals surface area contributed by atoms with Crippen LogP contribution in [0.2, 0.25) is 5.54 Å². The fourth-order valence-corrected chi connectivity index (χ4v) is 13.5. The van der Waals surface area contributed by atoms with Crippen molar-refractivity contribution < 1.29 is 9.47 Å². The first kappa shape index (κ1) is 21.3. The zero-order valence-electron chi connectivity index (χ0n) is 19.7. The number of rotatable bonds is 7. The van der Waals surface area contributed by atoms with E-state index in [2.05, 4.69) is 105 Å². The summed E-state index contributed by atoms with van der Waals surface area (Å²) >= 11 is 0. The van der Waals surface area contributed by atoms with Crippen molar-refractivity contribution in [2.24, 2.45) is 11.8 Å². The van der Waals surface area contributed by atoms with Crippen molar-refractivity contribution in [1.82, 2.24) is 0 Å². The van der Waals surface area contributed by atoms with Crippen LogP contribution >= 0.6 is 0 Å². The van der Waals surface area contributed by atoms with Crippen molar-refractivity contribution in [3.63, 3.8) is 0 Å². The monoisotopic (exact) mass is 454 g/mol. The van der Waals surface area contributed by atoms with Crippen LogP contribution in [-0.4, -0.2) is 26.1 Å². The first-order valence-electron chi connectivity index (χ1n) is 12.5. The maximum atomic E-state index is 6.72. The van der Waals surface area contributed by atoms with Gasteiger partial charge in [0.2, 0.25) is 0 Å². The molecule has 0 aromatic heterocycles. The van der Waals surface area contributed by atoms with Gasteiger partial charge in [-0.1, -0.05) is 108 Å². The van der Waals surface area contributed by atoms with Gasteiger partial charge in [-0.3, -0.25) is 0 Å². The number of ether oxygens (including phenoxy) is 2. The Labute approximate surface area is 199 Å². The smallest absolute Gasteiger partial charge is 0.163 e. The molecule has 3 aromatic rings. The highest BCUT2D eigenvalue weighted by molar-refractivity contribution is 6.80. The summed E-state index contributed by atoms with van der Waals surface area (Å²) in [6, 6.07) is 37.2. The molecule has 3 fully saturated rings. The molecule has 5 atom stereocenters. The molecule has 0 bridgehead atoms. The summed E-state index contributed by atoms with van der Waals surface area (Å²) in [4.78, 5) is 0. The van der Waals surface area contributed by atoms with E-state index in [9.17, 15) is 0 Å². The summed E-state index contributed by atoms with van der Waals surface area (Å²) in [7, 11) is -1.96. The summed E-state index contributed by atoms with van der Waals surface area (Å²) in [6.07, 6.45) is 1.84. The van der Waals surface area contributed by atoms with E-state index in [1.54, 1.807) is 0 Å². The van der Waals surface area contributed by atoms with E-state index in [0.29, 0.717) is 11.5 Å². The average molecular weight is 455 g/mol. The van der Waals surface area contributed by atoms with Crippen molar-refractivity contribution in [1.29, 1.82) is 0 Å². The lowest BCUT2D eigenvalue weighted by molar-refractivity contribution is -0.152. The van der Waals surface area contributed by atoms with Crippen LogP contribution in [0.3, 0.4) is 0 Å². The normalized spacial score (nSPS) is 29.5. The number of hydrogen-bond donors (Lipinski definition) is 0. The van der Waals surface area contributed by atoms with Gasteiger partial charge in [0, 0.05) is 0 Å². The van der Waals surface area contributed by atoms with Gasteiger partial charge in [0.15, 0.2) is 5.79 Å². The predicted octanol–water partition coefficient (Wildman–Crippen LogP) is 6.32. The van der Waals surface area contributed by atoms with Crippen LogP contribution in [0.5, 0.6) is 0 Å². The van der Waals surface area contributed by atoms with Crippen molar-refractivity contribution >= 4 is 8.07 Å². The molecule has 0 radical (unpaired) electrons. The molecule has 0 amide bonds. The van der Waals surface area contributed by atoms with E-state index in [1.807, 2.05) is 0 Å². The lowest BCUT2D eigenvalue weighted by atomic mass is 10.1. The molecule has 170 valence electrons. The van der Waals surface area contributed by atoms with Crippen LogP contribution in [0.1, 0.15) is 37.0 Å². The zero-order valence-corrected chi connectivity index (χ0v) is 20.7. The lowest BCUT2D eigenvalue weighted by Crippen LogP contribution is -2.53. The third kappa shape index (κ3) is 4.12. The second kappa shape index (κ2) is 8.23. The Morgan fingerprint density at radius 2 is 1.06 bits per heavy atom. The molecular formula is C30H34O2Si. The van der Waals surface area contributed by atoms with E-state index >= 15 is 0 Å². The van der Waals surface area contributed by atoms with Crippen molar-refractivity contribution in [3.8, 4) is 0 Å². The Kier molecular flexibility index (Phi) is 5.32. The second-order valence-corrected chi connectivity index (χ2v) is 15.5. The molecule has 2 aliphatic carbocycles. The standard InChI is InChI=1S/C30H34O2Si/c1-30(2)31-27-25-18-26(25)29(28(27)32-30)33(19-22-12-6-3-7-13-22,20-23-14-8-4-9-15-23)21-24-16-10-5-11-17-24/h3-17,25-29H,18-21H2,1-2H3/t25-,26+,27-,28-,29-/m1/s1. The first-order chi connectivity index (χ1) is 16.0. The van der Waals surface area contributed by atoms with E-state index in [-0.39, 0.29) is 12.2 Å². The highest BCUT2D eigenvalue weighted by Crippen LogP contribution is 2.67. The summed E-state index contributed by atoms with van der Waals surface area (Å²) in [5.74, 6) is 0.989.